The summed E-state index contributed by atoms with van der Waals surface area (Å²) in [6.07, 6.45) is 1.14. The van der Waals surface area contributed by atoms with Crippen molar-refractivity contribution in [3.63, 3.8) is 0 Å². The molecule has 35 heavy (non-hydrogen) atoms. The molecule has 1 aromatic heterocycles. The number of hydrogen-bond acceptors (Lipinski definition) is 5. The van der Waals surface area contributed by atoms with Crippen LogP contribution in [0.15, 0.2) is 78.0 Å². The first-order valence-electron chi connectivity index (χ1n) is 11.5. The third-order valence-electron chi connectivity index (χ3n) is 6.97. The quantitative estimate of drug-likeness (QED) is 0.377. The van der Waals surface area contributed by atoms with E-state index < -0.39 is 0 Å². The van der Waals surface area contributed by atoms with E-state index in [0.717, 1.165) is 39.4 Å². The van der Waals surface area contributed by atoms with Gasteiger partial charge in [-0.25, -0.2) is 4.98 Å². The van der Waals surface area contributed by atoms with Gasteiger partial charge in [0.2, 0.25) is 5.95 Å². The molecular formula is C28H24ClN3O3. The van der Waals surface area contributed by atoms with Crippen molar-refractivity contribution in [3.8, 4) is 11.5 Å². The minimum absolute atomic E-state index is 0.0698. The molecule has 0 bridgehead atoms. The van der Waals surface area contributed by atoms with Crippen LogP contribution in [0.5, 0.6) is 11.5 Å². The largest absolute Gasteiger partial charge is 0.497 e. The van der Waals surface area contributed by atoms with Crippen LogP contribution in [-0.2, 0) is 4.79 Å². The lowest BCUT2D eigenvalue weighted by Gasteiger charge is -2.36. The standard InChI is InChI=1S/C28H24ClN3O3/c1-34-19-11-12-20(25(15-19)35-2)27-26-22(31-28-30-21-5-3-4-6-23(21)32(27)28)13-17(14-24(26)33)16-7-9-18(29)10-8-16/h3-12,15,17,27H,13-14H2,1-2H3,(H,30,31)/t17-,27-/m0/s1. The predicted octanol–water partition coefficient (Wildman–Crippen LogP) is 6.12. The summed E-state index contributed by atoms with van der Waals surface area (Å²) in [5.41, 5.74) is 5.49. The highest BCUT2D eigenvalue weighted by molar-refractivity contribution is 6.30. The summed E-state index contributed by atoms with van der Waals surface area (Å²) >= 11 is 6.10. The minimum atomic E-state index is -0.367. The first-order chi connectivity index (χ1) is 17.1. The van der Waals surface area contributed by atoms with Gasteiger partial charge in [0.15, 0.2) is 5.78 Å². The van der Waals surface area contributed by atoms with Gasteiger partial charge in [-0.05, 0) is 54.3 Å². The second kappa shape index (κ2) is 8.47. The molecule has 2 atom stereocenters. The van der Waals surface area contributed by atoms with Crippen LogP contribution in [-0.4, -0.2) is 29.6 Å². The molecule has 4 aromatic rings. The number of para-hydroxylation sites is 2. The first-order valence-corrected chi connectivity index (χ1v) is 11.9. The van der Waals surface area contributed by atoms with Gasteiger partial charge in [0, 0.05) is 34.3 Å². The van der Waals surface area contributed by atoms with E-state index in [9.17, 15) is 4.79 Å². The summed E-state index contributed by atoms with van der Waals surface area (Å²) in [5.74, 6) is 2.27. The van der Waals surface area contributed by atoms with Gasteiger partial charge in [0.1, 0.15) is 11.5 Å². The fourth-order valence-corrected chi connectivity index (χ4v) is 5.46. The number of Topliss-reactive ketones (excluding diaryl/α,β-unsaturated/α-hetero) is 1. The number of benzene rings is 3. The van der Waals surface area contributed by atoms with Gasteiger partial charge in [-0.15, -0.1) is 0 Å². The number of hydrogen-bond donors (Lipinski definition) is 1. The Bertz CT molecular complexity index is 1490. The molecule has 6 rings (SSSR count). The number of ether oxygens (including phenoxy) is 2. The number of nitrogens with zero attached hydrogens (tertiary/aromatic N) is 2. The fraction of sp³-hybridized carbons (Fsp3) is 0.214. The Labute approximate surface area is 208 Å². The second-order valence-corrected chi connectivity index (χ2v) is 9.34. The highest BCUT2D eigenvalue weighted by atomic mass is 35.5. The molecule has 176 valence electrons. The number of nitrogens with one attached hydrogen (secondary N) is 1. The van der Waals surface area contributed by atoms with E-state index in [1.807, 2.05) is 66.7 Å². The average molecular weight is 486 g/mol. The van der Waals surface area contributed by atoms with Gasteiger partial charge in [-0.3, -0.25) is 9.36 Å². The Morgan fingerprint density at radius 3 is 2.57 bits per heavy atom. The molecule has 6 nitrogen and oxygen atoms in total. The van der Waals surface area contributed by atoms with Crippen molar-refractivity contribution in [2.45, 2.75) is 24.8 Å². The fourth-order valence-electron chi connectivity index (χ4n) is 5.33. The maximum Gasteiger partial charge on any atom is 0.209 e. The highest BCUT2D eigenvalue weighted by Crippen LogP contribution is 2.48. The maximum atomic E-state index is 13.8. The van der Waals surface area contributed by atoms with Crippen molar-refractivity contribution in [3.05, 3.63) is 94.1 Å². The molecule has 3 aromatic carbocycles. The number of allylic oxidation sites excluding steroid dienone is 2. The van der Waals surface area contributed by atoms with Gasteiger partial charge in [0.25, 0.3) is 0 Å². The molecule has 0 saturated heterocycles. The number of carbonyl (C=O) groups excluding carboxylic acids is 1. The molecule has 1 aliphatic heterocycles. The molecule has 2 aliphatic rings. The van der Waals surface area contributed by atoms with Crippen molar-refractivity contribution < 1.29 is 14.3 Å². The monoisotopic (exact) mass is 485 g/mol. The number of halogens is 1. The van der Waals surface area contributed by atoms with Crippen LogP contribution in [0.4, 0.5) is 5.95 Å². The molecular weight excluding hydrogens is 462 g/mol. The molecule has 0 amide bonds. The van der Waals surface area contributed by atoms with Gasteiger partial charge in [-0.2, -0.15) is 0 Å². The number of carbonyl (C=O) groups is 1. The number of ketones is 1. The third kappa shape index (κ3) is 3.56. The van der Waals surface area contributed by atoms with Crippen molar-refractivity contribution >= 4 is 34.4 Å². The van der Waals surface area contributed by atoms with Gasteiger partial charge in [0.05, 0.1) is 31.3 Å². The van der Waals surface area contributed by atoms with Crippen LogP contribution in [0.1, 0.15) is 35.9 Å². The normalized spacial score (nSPS) is 19.2. The number of rotatable bonds is 4. The molecule has 0 fully saturated rings. The van der Waals surface area contributed by atoms with Gasteiger partial charge >= 0.3 is 0 Å². The topological polar surface area (TPSA) is 65.4 Å². The van der Waals surface area contributed by atoms with Crippen LogP contribution in [0.3, 0.4) is 0 Å². The maximum absolute atomic E-state index is 13.8. The number of methoxy groups -OCH3 is 2. The van der Waals surface area contributed by atoms with Crippen molar-refractivity contribution in [1.82, 2.24) is 9.55 Å². The average Bonchev–Trinajstić information content (AvgIpc) is 3.25. The zero-order chi connectivity index (χ0) is 24.1. The molecule has 1 aliphatic carbocycles. The highest BCUT2D eigenvalue weighted by Gasteiger charge is 2.40. The predicted molar refractivity (Wildman–Crippen MR) is 137 cm³/mol. The zero-order valence-electron chi connectivity index (χ0n) is 19.4. The Morgan fingerprint density at radius 2 is 1.80 bits per heavy atom. The SMILES string of the molecule is COc1ccc([C@H]2C3=C(C[C@H](c4ccc(Cl)cc4)CC3=O)Nc3nc4ccccc4n32)c(OC)c1. The van der Waals surface area contributed by atoms with Crippen molar-refractivity contribution in [2.24, 2.45) is 0 Å². The smallest absolute Gasteiger partial charge is 0.209 e. The van der Waals surface area contributed by atoms with E-state index in [1.165, 1.54) is 0 Å². The number of imidazole rings is 1. The summed E-state index contributed by atoms with van der Waals surface area (Å²) < 4.78 is 13.3. The Morgan fingerprint density at radius 1 is 1.00 bits per heavy atom. The molecule has 0 saturated carbocycles. The van der Waals surface area contributed by atoms with Crippen molar-refractivity contribution in [1.29, 1.82) is 0 Å². The molecule has 0 unspecified atom stereocenters. The minimum Gasteiger partial charge on any atom is -0.497 e. The van der Waals surface area contributed by atoms with E-state index in [-0.39, 0.29) is 17.7 Å². The molecule has 7 heteroatoms. The lowest BCUT2D eigenvalue weighted by atomic mass is 9.77. The van der Waals surface area contributed by atoms with Crippen LogP contribution >= 0.6 is 11.6 Å². The van der Waals surface area contributed by atoms with Crippen LogP contribution in [0.25, 0.3) is 11.0 Å². The molecule has 0 radical (unpaired) electrons. The lowest BCUT2D eigenvalue weighted by molar-refractivity contribution is -0.116. The van der Waals surface area contributed by atoms with E-state index in [0.29, 0.717) is 29.4 Å². The third-order valence-corrected chi connectivity index (χ3v) is 7.23. The van der Waals surface area contributed by atoms with E-state index in [2.05, 4.69) is 9.88 Å². The Kier molecular flexibility index (Phi) is 5.26. The number of aromatic nitrogens is 2. The van der Waals surface area contributed by atoms with E-state index >= 15 is 0 Å². The lowest BCUT2D eigenvalue weighted by Crippen LogP contribution is -2.33. The van der Waals surface area contributed by atoms with Crippen molar-refractivity contribution in [2.75, 3.05) is 19.5 Å². The van der Waals surface area contributed by atoms with Crippen LogP contribution in [0, 0.1) is 0 Å². The summed E-state index contributed by atoms with van der Waals surface area (Å²) in [6.45, 7) is 0. The molecule has 2 heterocycles. The van der Waals surface area contributed by atoms with Crippen LogP contribution < -0.4 is 14.8 Å². The summed E-state index contributed by atoms with van der Waals surface area (Å²) in [6, 6.07) is 21.1. The molecule has 1 N–H and O–H groups in total. The Balaban J connectivity index is 1.54. The summed E-state index contributed by atoms with van der Waals surface area (Å²) in [5, 5.41) is 4.20. The van der Waals surface area contributed by atoms with E-state index in [4.69, 9.17) is 26.1 Å². The first kappa shape index (κ1) is 21.7. The number of anilines is 1. The van der Waals surface area contributed by atoms with Crippen LogP contribution in [0.2, 0.25) is 5.02 Å². The van der Waals surface area contributed by atoms with E-state index in [1.54, 1.807) is 14.2 Å². The summed E-state index contributed by atoms with van der Waals surface area (Å²) in [4.78, 5) is 18.7. The zero-order valence-corrected chi connectivity index (χ0v) is 20.2. The van der Waals surface area contributed by atoms with Gasteiger partial charge in [-0.1, -0.05) is 35.9 Å². The summed E-state index contributed by atoms with van der Waals surface area (Å²) in [7, 11) is 3.27. The second-order valence-electron chi connectivity index (χ2n) is 8.90. The molecule has 0 spiro atoms. The van der Waals surface area contributed by atoms with Gasteiger partial charge < -0.3 is 14.8 Å². The number of fused-ring (bicyclic) bond motifs is 3. The Hall–Kier alpha value is -3.77.